The molecule has 1 heterocycles. The Morgan fingerprint density at radius 3 is 2.64 bits per heavy atom. The summed E-state index contributed by atoms with van der Waals surface area (Å²) in [5.41, 5.74) is 2.16. The van der Waals surface area contributed by atoms with E-state index in [4.69, 9.17) is 0 Å². The van der Waals surface area contributed by atoms with E-state index in [-0.39, 0.29) is 11.7 Å². The lowest BCUT2D eigenvalue weighted by Gasteiger charge is -2.12. The van der Waals surface area contributed by atoms with Crippen LogP contribution in [0.3, 0.4) is 0 Å². The van der Waals surface area contributed by atoms with Crippen LogP contribution in [-0.2, 0) is 6.54 Å². The van der Waals surface area contributed by atoms with Gasteiger partial charge in [-0.05, 0) is 52.4 Å². The summed E-state index contributed by atoms with van der Waals surface area (Å²) < 4.78 is 14.8. The molecule has 0 unspecified atom stereocenters. The molecule has 2 aromatic carbocycles. The largest absolute Gasteiger partial charge is 0.351 e. The molecule has 3 aromatic rings. The van der Waals surface area contributed by atoms with E-state index in [0.717, 1.165) is 9.13 Å². The number of amides is 1. The standard InChI is InChI=1S/C19H15FIN3O/c20-16-10-14(21)6-7-17(16)24-18-12-22-9-8-15(18)19(25)23-11-13-4-2-1-3-5-13/h1-10,12,24H,11H2,(H,23,25). The molecule has 126 valence electrons. The van der Waals surface area contributed by atoms with Crippen molar-refractivity contribution in [2.24, 2.45) is 0 Å². The van der Waals surface area contributed by atoms with E-state index in [2.05, 4.69) is 15.6 Å². The highest BCUT2D eigenvalue weighted by Gasteiger charge is 2.13. The fraction of sp³-hybridized carbons (Fsp3) is 0.0526. The van der Waals surface area contributed by atoms with Gasteiger partial charge in [0.15, 0.2) is 0 Å². The number of rotatable bonds is 5. The fourth-order valence-electron chi connectivity index (χ4n) is 2.30. The van der Waals surface area contributed by atoms with Crippen molar-refractivity contribution in [3.8, 4) is 0 Å². The number of halogens is 2. The van der Waals surface area contributed by atoms with E-state index >= 15 is 0 Å². The van der Waals surface area contributed by atoms with Crippen LogP contribution < -0.4 is 10.6 Å². The Balaban J connectivity index is 1.77. The number of anilines is 2. The molecule has 0 aliphatic carbocycles. The van der Waals surface area contributed by atoms with E-state index in [9.17, 15) is 9.18 Å². The molecule has 0 fully saturated rings. The van der Waals surface area contributed by atoms with Crippen LogP contribution in [0.15, 0.2) is 67.0 Å². The van der Waals surface area contributed by atoms with Crippen molar-refractivity contribution in [2.45, 2.75) is 6.54 Å². The van der Waals surface area contributed by atoms with E-state index in [0.29, 0.717) is 23.5 Å². The molecule has 0 bridgehead atoms. The monoisotopic (exact) mass is 447 g/mol. The smallest absolute Gasteiger partial charge is 0.253 e. The predicted molar refractivity (Wildman–Crippen MR) is 104 cm³/mol. The first-order valence-corrected chi connectivity index (χ1v) is 8.69. The number of aromatic nitrogens is 1. The Morgan fingerprint density at radius 2 is 1.88 bits per heavy atom. The molecule has 0 saturated carbocycles. The second-order valence-electron chi connectivity index (χ2n) is 5.34. The zero-order valence-electron chi connectivity index (χ0n) is 13.2. The van der Waals surface area contributed by atoms with Crippen molar-refractivity contribution in [2.75, 3.05) is 5.32 Å². The normalized spacial score (nSPS) is 10.3. The minimum absolute atomic E-state index is 0.250. The molecule has 1 amide bonds. The molecule has 0 atom stereocenters. The van der Waals surface area contributed by atoms with Crippen LogP contribution in [0.1, 0.15) is 15.9 Å². The van der Waals surface area contributed by atoms with Gasteiger partial charge in [-0.15, -0.1) is 0 Å². The van der Waals surface area contributed by atoms with Gasteiger partial charge < -0.3 is 10.6 Å². The predicted octanol–water partition coefficient (Wildman–Crippen LogP) is 4.50. The molecule has 2 N–H and O–H groups in total. The zero-order valence-corrected chi connectivity index (χ0v) is 15.3. The van der Waals surface area contributed by atoms with Gasteiger partial charge in [0, 0.05) is 16.3 Å². The molecule has 0 aliphatic heterocycles. The number of pyridine rings is 1. The van der Waals surface area contributed by atoms with Gasteiger partial charge in [0.05, 0.1) is 23.1 Å². The molecule has 0 saturated heterocycles. The number of nitrogens with one attached hydrogen (secondary N) is 2. The molecule has 0 aliphatic rings. The molecule has 6 heteroatoms. The summed E-state index contributed by atoms with van der Waals surface area (Å²) in [4.78, 5) is 16.5. The lowest BCUT2D eigenvalue weighted by molar-refractivity contribution is 0.0951. The van der Waals surface area contributed by atoms with Crippen LogP contribution in [0, 0.1) is 9.39 Å². The van der Waals surface area contributed by atoms with Crippen LogP contribution >= 0.6 is 22.6 Å². The highest BCUT2D eigenvalue weighted by Crippen LogP contribution is 2.23. The Kier molecular flexibility index (Phi) is 5.60. The first-order valence-electron chi connectivity index (χ1n) is 7.61. The highest BCUT2D eigenvalue weighted by atomic mass is 127. The minimum Gasteiger partial charge on any atom is -0.351 e. The number of hydrogen-bond donors (Lipinski definition) is 2. The van der Waals surface area contributed by atoms with Crippen LogP contribution in [0.2, 0.25) is 0 Å². The fourth-order valence-corrected chi connectivity index (χ4v) is 2.75. The molecule has 4 nitrogen and oxygen atoms in total. The Labute approximate surface area is 158 Å². The van der Waals surface area contributed by atoms with Gasteiger partial charge in [0.2, 0.25) is 0 Å². The topological polar surface area (TPSA) is 54.0 Å². The molecule has 0 radical (unpaired) electrons. The summed E-state index contributed by atoms with van der Waals surface area (Å²) in [6.45, 7) is 0.416. The lowest BCUT2D eigenvalue weighted by atomic mass is 10.2. The van der Waals surface area contributed by atoms with Gasteiger partial charge in [-0.2, -0.15) is 0 Å². The summed E-state index contributed by atoms with van der Waals surface area (Å²) in [6, 6.07) is 16.1. The number of nitrogens with zero attached hydrogens (tertiary/aromatic N) is 1. The van der Waals surface area contributed by atoms with Crippen LogP contribution in [-0.4, -0.2) is 10.9 Å². The summed E-state index contributed by atoms with van der Waals surface area (Å²) in [5, 5.41) is 5.81. The van der Waals surface area contributed by atoms with E-state index in [1.165, 1.54) is 18.5 Å². The Hall–Kier alpha value is -2.48. The average molecular weight is 447 g/mol. The first kappa shape index (κ1) is 17.3. The molecule has 1 aromatic heterocycles. The Bertz CT molecular complexity index is 887. The minimum atomic E-state index is -0.383. The van der Waals surface area contributed by atoms with Crippen molar-refractivity contribution in [1.82, 2.24) is 10.3 Å². The molecule has 0 spiro atoms. The third-order valence-electron chi connectivity index (χ3n) is 3.56. The second kappa shape index (κ2) is 8.06. The number of benzene rings is 2. The SMILES string of the molecule is O=C(NCc1ccccc1)c1ccncc1Nc1ccc(I)cc1F. The second-order valence-corrected chi connectivity index (χ2v) is 6.58. The maximum atomic E-state index is 14.1. The number of carbonyl (C=O) groups excluding carboxylic acids is 1. The quantitative estimate of drug-likeness (QED) is 0.567. The molecular weight excluding hydrogens is 432 g/mol. The number of hydrogen-bond acceptors (Lipinski definition) is 3. The van der Waals surface area contributed by atoms with Crippen LogP contribution in [0.4, 0.5) is 15.8 Å². The third-order valence-corrected chi connectivity index (χ3v) is 4.23. The van der Waals surface area contributed by atoms with E-state index in [1.54, 1.807) is 18.2 Å². The first-order chi connectivity index (χ1) is 12.1. The molecular formula is C19H15FIN3O. The Morgan fingerprint density at radius 1 is 1.08 bits per heavy atom. The van der Waals surface area contributed by atoms with E-state index < -0.39 is 0 Å². The maximum absolute atomic E-state index is 14.1. The summed E-state index contributed by atoms with van der Waals surface area (Å²) >= 11 is 2.04. The van der Waals surface area contributed by atoms with Crippen molar-refractivity contribution in [3.05, 3.63) is 87.5 Å². The van der Waals surface area contributed by atoms with Gasteiger partial charge in [0.1, 0.15) is 5.82 Å². The van der Waals surface area contributed by atoms with Crippen molar-refractivity contribution in [1.29, 1.82) is 0 Å². The van der Waals surface area contributed by atoms with Crippen LogP contribution in [0.5, 0.6) is 0 Å². The van der Waals surface area contributed by atoms with Crippen molar-refractivity contribution in [3.63, 3.8) is 0 Å². The maximum Gasteiger partial charge on any atom is 0.253 e. The zero-order chi connectivity index (χ0) is 17.6. The molecule has 3 rings (SSSR count). The van der Waals surface area contributed by atoms with Gasteiger partial charge >= 0.3 is 0 Å². The third kappa shape index (κ3) is 4.54. The van der Waals surface area contributed by atoms with Gasteiger partial charge in [-0.3, -0.25) is 9.78 Å². The average Bonchev–Trinajstić information content (AvgIpc) is 2.63. The van der Waals surface area contributed by atoms with Crippen molar-refractivity contribution >= 4 is 39.9 Å². The van der Waals surface area contributed by atoms with Gasteiger partial charge in [0.25, 0.3) is 5.91 Å². The van der Waals surface area contributed by atoms with Gasteiger partial charge in [-0.25, -0.2) is 4.39 Å². The number of carbonyl (C=O) groups is 1. The summed E-state index contributed by atoms with van der Waals surface area (Å²) in [6.07, 6.45) is 3.04. The van der Waals surface area contributed by atoms with Crippen LogP contribution in [0.25, 0.3) is 0 Å². The van der Waals surface area contributed by atoms with Crippen molar-refractivity contribution < 1.29 is 9.18 Å². The van der Waals surface area contributed by atoms with Gasteiger partial charge in [-0.1, -0.05) is 30.3 Å². The summed E-state index contributed by atoms with van der Waals surface area (Å²) in [5.74, 6) is -0.633. The lowest BCUT2D eigenvalue weighted by Crippen LogP contribution is -2.23. The van der Waals surface area contributed by atoms with E-state index in [1.807, 2.05) is 52.9 Å². The molecule has 25 heavy (non-hydrogen) atoms. The summed E-state index contributed by atoms with van der Waals surface area (Å²) in [7, 11) is 0. The highest BCUT2D eigenvalue weighted by molar-refractivity contribution is 14.1.